The van der Waals surface area contributed by atoms with Gasteiger partial charge in [0.2, 0.25) is 0 Å². The topological polar surface area (TPSA) is 56.7 Å². The van der Waals surface area contributed by atoms with Gasteiger partial charge in [0.15, 0.2) is 5.96 Å². The second-order valence-electron chi connectivity index (χ2n) is 3.80. The summed E-state index contributed by atoms with van der Waals surface area (Å²) in [6, 6.07) is 0. The summed E-state index contributed by atoms with van der Waals surface area (Å²) in [6.45, 7) is 11.5. The van der Waals surface area contributed by atoms with Crippen molar-refractivity contribution < 1.29 is 5.11 Å². The molecule has 0 amide bonds. The van der Waals surface area contributed by atoms with E-state index in [1.165, 1.54) is 0 Å². The number of guanidine groups is 1. The van der Waals surface area contributed by atoms with Crippen LogP contribution in [0.4, 0.5) is 0 Å². The molecule has 0 atom stereocenters. The van der Waals surface area contributed by atoms with Gasteiger partial charge in [0, 0.05) is 13.1 Å². The summed E-state index contributed by atoms with van der Waals surface area (Å²) >= 11 is 0. The molecule has 0 rings (SSSR count). The first-order valence-corrected chi connectivity index (χ1v) is 5.97. The average Bonchev–Trinajstić information content (AvgIpc) is 2.32. The highest BCUT2D eigenvalue weighted by atomic mass is 127. The molecule has 5 heteroatoms. The largest absolute Gasteiger partial charge is 0.388 e. The highest BCUT2D eigenvalue weighted by Crippen LogP contribution is 2.14. The molecule has 0 aromatic rings. The van der Waals surface area contributed by atoms with Gasteiger partial charge < -0.3 is 15.7 Å². The Labute approximate surface area is 122 Å². The van der Waals surface area contributed by atoms with Crippen molar-refractivity contribution in [2.45, 2.75) is 39.2 Å². The van der Waals surface area contributed by atoms with E-state index in [1.54, 1.807) is 6.08 Å². The van der Waals surface area contributed by atoms with Crippen molar-refractivity contribution in [2.75, 3.05) is 19.6 Å². The zero-order chi connectivity index (χ0) is 12.4. The van der Waals surface area contributed by atoms with Crippen molar-refractivity contribution in [3.63, 3.8) is 0 Å². The molecule has 3 N–H and O–H groups in total. The van der Waals surface area contributed by atoms with E-state index in [4.69, 9.17) is 0 Å². The molecule has 0 bridgehead atoms. The van der Waals surface area contributed by atoms with Crippen LogP contribution in [0.25, 0.3) is 0 Å². The van der Waals surface area contributed by atoms with E-state index >= 15 is 0 Å². The fraction of sp³-hybridized carbons (Fsp3) is 0.750. The maximum Gasteiger partial charge on any atom is 0.191 e. The van der Waals surface area contributed by atoms with Crippen LogP contribution in [0.3, 0.4) is 0 Å². The number of rotatable bonds is 7. The zero-order valence-electron chi connectivity index (χ0n) is 11.1. The number of hydrogen-bond donors (Lipinski definition) is 3. The minimum Gasteiger partial charge on any atom is -0.388 e. The van der Waals surface area contributed by atoms with Gasteiger partial charge in [0.1, 0.15) is 0 Å². The van der Waals surface area contributed by atoms with Crippen LogP contribution in [0.15, 0.2) is 17.6 Å². The highest BCUT2D eigenvalue weighted by Gasteiger charge is 2.21. The molecule has 0 aromatic heterocycles. The summed E-state index contributed by atoms with van der Waals surface area (Å²) in [6.07, 6.45) is 3.21. The Morgan fingerprint density at radius 2 is 1.88 bits per heavy atom. The quantitative estimate of drug-likeness (QED) is 0.283. The lowest BCUT2D eigenvalue weighted by atomic mass is 9.98. The van der Waals surface area contributed by atoms with Crippen molar-refractivity contribution in [2.24, 2.45) is 4.99 Å². The molecule has 0 saturated carbocycles. The van der Waals surface area contributed by atoms with E-state index in [1.807, 2.05) is 20.8 Å². The van der Waals surface area contributed by atoms with Crippen molar-refractivity contribution in [3.8, 4) is 0 Å². The van der Waals surface area contributed by atoms with Crippen LogP contribution in [0.1, 0.15) is 33.6 Å². The van der Waals surface area contributed by atoms with Crippen LogP contribution in [0.5, 0.6) is 0 Å². The monoisotopic (exact) mass is 355 g/mol. The fourth-order valence-corrected chi connectivity index (χ4v) is 1.21. The van der Waals surface area contributed by atoms with Crippen LogP contribution in [0, 0.1) is 0 Å². The third-order valence-electron chi connectivity index (χ3n) is 2.61. The van der Waals surface area contributed by atoms with Crippen molar-refractivity contribution in [1.82, 2.24) is 10.6 Å². The van der Waals surface area contributed by atoms with Gasteiger partial charge in [-0.05, 0) is 19.8 Å². The lowest BCUT2D eigenvalue weighted by Crippen LogP contribution is -2.39. The number of aliphatic imine (C=N–C) groups is 1. The van der Waals surface area contributed by atoms with Crippen LogP contribution in [-0.4, -0.2) is 36.3 Å². The minimum absolute atomic E-state index is 0. The normalized spacial score (nSPS) is 11.6. The summed E-state index contributed by atoms with van der Waals surface area (Å²) in [5.41, 5.74) is -0.684. The molecule has 102 valence electrons. The smallest absolute Gasteiger partial charge is 0.191 e. The van der Waals surface area contributed by atoms with E-state index in [2.05, 4.69) is 22.2 Å². The minimum atomic E-state index is -0.684. The lowest BCUT2D eigenvalue weighted by molar-refractivity contribution is 0.0418. The Balaban J connectivity index is 0. The third kappa shape index (κ3) is 8.43. The SMILES string of the molecule is C=CCNC(=NCC(O)(CC)CC)NCC.I. The predicted octanol–water partition coefficient (Wildman–Crippen LogP) is 1.90. The summed E-state index contributed by atoms with van der Waals surface area (Å²) in [4.78, 5) is 4.36. The molecule has 0 aromatic carbocycles. The average molecular weight is 355 g/mol. The maximum atomic E-state index is 10.1. The Bertz CT molecular complexity index is 228. The van der Waals surface area contributed by atoms with Gasteiger partial charge in [-0.1, -0.05) is 19.9 Å². The number of nitrogens with one attached hydrogen (secondary N) is 2. The molecule has 0 fully saturated rings. The van der Waals surface area contributed by atoms with Gasteiger partial charge in [-0.25, -0.2) is 0 Å². The molecular weight excluding hydrogens is 329 g/mol. The molecule has 0 saturated heterocycles. The van der Waals surface area contributed by atoms with E-state index in [0.717, 1.165) is 12.5 Å². The number of hydrogen-bond acceptors (Lipinski definition) is 2. The van der Waals surface area contributed by atoms with Gasteiger partial charge in [-0.3, -0.25) is 4.99 Å². The van der Waals surface area contributed by atoms with Gasteiger partial charge in [0.05, 0.1) is 12.1 Å². The van der Waals surface area contributed by atoms with Crippen LogP contribution >= 0.6 is 24.0 Å². The van der Waals surface area contributed by atoms with Gasteiger partial charge >= 0.3 is 0 Å². The van der Waals surface area contributed by atoms with Crippen molar-refractivity contribution in [1.29, 1.82) is 0 Å². The fourth-order valence-electron chi connectivity index (χ4n) is 1.21. The molecule has 0 spiro atoms. The van der Waals surface area contributed by atoms with Crippen molar-refractivity contribution in [3.05, 3.63) is 12.7 Å². The molecule has 17 heavy (non-hydrogen) atoms. The summed E-state index contributed by atoms with van der Waals surface area (Å²) in [7, 11) is 0. The van der Waals surface area contributed by atoms with E-state index in [-0.39, 0.29) is 24.0 Å². The molecule has 4 nitrogen and oxygen atoms in total. The molecule has 0 aliphatic heterocycles. The molecule has 0 heterocycles. The molecule has 0 aliphatic carbocycles. The van der Waals surface area contributed by atoms with Crippen LogP contribution in [-0.2, 0) is 0 Å². The predicted molar refractivity (Wildman–Crippen MR) is 85.1 cm³/mol. The first kappa shape index (κ1) is 19.0. The maximum absolute atomic E-state index is 10.1. The van der Waals surface area contributed by atoms with Gasteiger partial charge in [-0.15, -0.1) is 30.6 Å². The van der Waals surface area contributed by atoms with E-state index < -0.39 is 5.60 Å². The third-order valence-corrected chi connectivity index (χ3v) is 2.61. The van der Waals surface area contributed by atoms with Gasteiger partial charge in [0.25, 0.3) is 0 Å². The Hall–Kier alpha value is -0.300. The Morgan fingerprint density at radius 3 is 2.29 bits per heavy atom. The molecule has 0 unspecified atom stereocenters. The first-order valence-electron chi connectivity index (χ1n) is 5.97. The standard InChI is InChI=1S/C12H25N3O.HI/c1-5-9-14-11(13-8-4)15-10-12(16,6-2)7-3;/h5,16H,1,6-10H2,2-4H3,(H2,13,14,15);1H. The number of nitrogens with zero attached hydrogens (tertiary/aromatic N) is 1. The number of halogens is 1. The second-order valence-corrected chi connectivity index (χ2v) is 3.80. The molecular formula is C12H26IN3O. The first-order chi connectivity index (χ1) is 7.61. The van der Waals surface area contributed by atoms with E-state index in [9.17, 15) is 5.11 Å². The highest BCUT2D eigenvalue weighted by molar-refractivity contribution is 14.0. The Kier molecular flexibility index (Phi) is 12.1. The van der Waals surface area contributed by atoms with Crippen molar-refractivity contribution >= 4 is 29.9 Å². The number of aliphatic hydroxyl groups is 1. The lowest BCUT2D eigenvalue weighted by Gasteiger charge is -2.23. The van der Waals surface area contributed by atoms with Gasteiger partial charge in [-0.2, -0.15) is 0 Å². The molecule has 0 radical (unpaired) electrons. The summed E-state index contributed by atoms with van der Waals surface area (Å²) < 4.78 is 0. The van der Waals surface area contributed by atoms with Crippen LogP contribution < -0.4 is 10.6 Å². The second kappa shape index (κ2) is 10.8. The summed E-state index contributed by atoms with van der Waals surface area (Å²) in [5, 5.41) is 16.3. The Morgan fingerprint density at radius 1 is 1.29 bits per heavy atom. The zero-order valence-corrected chi connectivity index (χ0v) is 13.5. The summed E-state index contributed by atoms with van der Waals surface area (Å²) in [5.74, 6) is 0.725. The van der Waals surface area contributed by atoms with E-state index in [0.29, 0.717) is 25.9 Å². The molecule has 0 aliphatic rings. The van der Waals surface area contributed by atoms with Crippen LogP contribution in [0.2, 0.25) is 0 Å².